The van der Waals surface area contributed by atoms with E-state index in [1.54, 1.807) is 17.9 Å². The number of hydrogen-bond acceptors (Lipinski definition) is 4. The van der Waals surface area contributed by atoms with Crippen LogP contribution in [0.1, 0.15) is 24.0 Å². The number of aromatic hydroxyl groups is 1. The number of halogens is 3. The number of piperidine rings is 1. The van der Waals surface area contributed by atoms with Crippen LogP contribution in [0.5, 0.6) is 5.75 Å². The van der Waals surface area contributed by atoms with E-state index in [4.69, 9.17) is 4.42 Å². The zero-order chi connectivity index (χ0) is 17.5. The molecule has 1 saturated heterocycles. The first-order valence-corrected chi connectivity index (χ1v) is 7.80. The molecule has 24 heavy (non-hydrogen) atoms. The number of rotatable bonds is 2. The van der Waals surface area contributed by atoms with Crippen molar-refractivity contribution in [1.29, 1.82) is 0 Å². The maximum atomic E-state index is 12.9. The summed E-state index contributed by atoms with van der Waals surface area (Å²) in [5.74, 6) is -1.32. The van der Waals surface area contributed by atoms with Gasteiger partial charge in [0.1, 0.15) is 11.3 Å². The fourth-order valence-corrected chi connectivity index (χ4v) is 3.25. The van der Waals surface area contributed by atoms with Crippen molar-refractivity contribution < 1.29 is 22.7 Å². The molecule has 0 saturated carbocycles. The lowest BCUT2D eigenvalue weighted by atomic mass is 9.96. The third kappa shape index (κ3) is 3.26. The van der Waals surface area contributed by atoms with Crippen LogP contribution in [0.4, 0.5) is 13.2 Å². The number of alkyl halides is 3. The molecule has 2 heterocycles. The van der Waals surface area contributed by atoms with E-state index in [1.807, 2.05) is 0 Å². The van der Waals surface area contributed by atoms with E-state index in [2.05, 4.69) is 0 Å². The van der Waals surface area contributed by atoms with Crippen molar-refractivity contribution in [1.82, 2.24) is 4.90 Å². The lowest BCUT2D eigenvalue weighted by Crippen LogP contribution is -2.41. The van der Waals surface area contributed by atoms with Gasteiger partial charge in [0.25, 0.3) is 0 Å². The van der Waals surface area contributed by atoms with Crippen LogP contribution in [0.2, 0.25) is 0 Å². The van der Waals surface area contributed by atoms with Crippen molar-refractivity contribution in [3.05, 3.63) is 39.7 Å². The third-order valence-corrected chi connectivity index (χ3v) is 4.58. The van der Waals surface area contributed by atoms with E-state index in [9.17, 15) is 23.1 Å². The molecule has 1 aliphatic heterocycles. The topological polar surface area (TPSA) is 53.7 Å². The molecule has 1 N–H and O–H groups in total. The van der Waals surface area contributed by atoms with Gasteiger partial charge in [-0.15, -0.1) is 0 Å². The molecular formula is C17H18F3NO3. The van der Waals surface area contributed by atoms with Gasteiger partial charge < -0.3 is 9.52 Å². The van der Waals surface area contributed by atoms with Crippen molar-refractivity contribution in [2.45, 2.75) is 32.5 Å². The van der Waals surface area contributed by atoms with Gasteiger partial charge in [-0.2, -0.15) is 13.2 Å². The fraction of sp³-hybridized carbons (Fsp3) is 0.471. The number of hydrogen-bond donors (Lipinski definition) is 1. The summed E-state index contributed by atoms with van der Waals surface area (Å²) in [6.07, 6.45) is -3.58. The average Bonchev–Trinajstić information content (AvgIpc) is 2.51. The Bertz CT molecular complexity index is 813. The van der Waals surface area contributed by atoms with E-state index in [0.29, 0.717) is 29.5 Å². The maximum Gasteiger partial charge on any atom is 0.393 e. The summed E-state index contributed by atoms with van der Waals surface area (Å²) in [6.45, 7) is 2.37. The highest BCUT2D eigenvalue weighted by Crippen LogP contribution is 2.34. The van der Waals surface area contributed by atoms with Crippen LogP contribution in [0.3, 0.4) is 0 Å². The summed E-state index contributed by atoms with van der Waals surface area (Å²) in [6, 6.07) is 4.44. The summed E-state index contributed by atoms with van der Waals surface area (Å²) in [5.41, 5.74) is 0.767. The van der Waals surface area contributed by atoms with Gasteiger partial charge in [0, 0.05) is 30.1 Å². The molecule has 130 valence electrons. The van der Waals surface area contributed by atoms with Gasteiger partial charge in [-0.25, -0.2) is 4.79 Å². The molecule has 1 atom stereocenters. The van der Waals surface area contributed by atoms with Crippen LogP contribution in [-0.4, -0.2) is 29.3 Å². The molecule has 1 aliphatic rings. The molecule has 1 fully saturated rings. The second-order valence-electron chi connectivity index (χ2n) is 6.29. The molecule has 1 unspecified atom stereocenters. The van der Waals surface area contributed by atoms with Gasteiger partial charge >= 0.3 is 11.8 Å². The smallest absolute Gasteiger partial charge is 0.393 e. The largest absolute Gasteiger partial charge is 0.508 e. The van der Waals surface area contributed by atoms with E-state index in [-0.39, 0.29) is 30.8 Å². The number of aryl methyl sites for hydroxylation is 1. The number of phenols is 1. The number of fused-ring (bicyclic) bond motifs is 1. The van der Waals surface area contributed by atoms with Crippen LogP contribution in [0.25, 0.3) is 11.0 Å². The van der Waals surface area contributed by atoms with E-state index in [1.165, 1.54) is 12.1 Å². The quantitative estimate of drug-likeness (QED) is 0.849. The Labute approximate surface area is 136 Å². The van der Waals surface area contributed by atoms with E-state index >= 15 is 0 Å². The molecule has 0 amide bonds. The predicted octanol–water partition coefficient (Wildman–Crippen LogP) is 3.58. The van der Waals surface area contributed by atoms with Crippen LogP contribution >= 0.6 is 0 Å². The van der Waals surface area contributed by atoms with Crippen LogP contribution in [-0.2, 0) is 6.54 Å². The number of benzene rings is 1. The van der Waals surface area contributed by atoms with Gasteiger partial charge in [-0.1, -0.05) is 0 Å². The molecule has 3 rings (SSSR count). The van der Waals surface area contributed by atoms with Gasteiger partial charge in [0.15, 0.2) is 0 Å². The van der Waals surface area contributed by atoms with Crippen molar-refractivity contribution in [2.24, 2.45) is 5.92 Å². The second-order valence-corrected chi connectivity index (χ2v) is 6.29. The molecule has 0 spiro atoms. The first-order chi connectivity index (χ1) is 11.3. The average molecular weight is 341 g/mol. The number of phenolic OH excluding ortho intramolecular Hbond substituents is 1. The van der Waals surface area contributed by atoms with Gasteiger partial charge in [-0.05, 0) is 44.0 Å². The molecular weight excluding hydrogens is 323 g/mol. The highest BCUT2D eigenvalue weighted by Gasteiger charge is 2.41. The standard InChI is InChI=1S/C17H18F3NO3/c1-10-14(22)5-4-13-11(7-15(23)24-16(10)13)8-21-6-2-3-12(9-21)17(18,19)20/h4-5,7,12,22H,2-3,6,8-9H2,1H3. The normalized spacial score (nSPS) is 19.8. The Balaban J connectivity index is 1.93. The highest BCUT2D eigenvalue weighted by atomic mass is 19.4. The summed E-state index contributed by atoms with van der Waals surface area (Å²) < 4.78 is 44.0. The first kappa shape index (κ1) is 16.8. The lowest BCUT2D eigenvalue weighted by Gasteiger charge is -2.33. The molecule has 1 aromatic heterocycles. The zero-order valence-corrected chi connectivity index (χ0v) is 13.2. The minimum Gasteiger partial charge on any atom is -0.508 e. The molecule has 0 bridgehead atoms. The Kier molecular flexibility index (Phi) is 4.29. The Morgan fingerprint density at radius 2 is 2.12 bits per heavy atom. The maximum absolute atomic E-state index is 12.9. The molecule has 7 heteroatoms. The van der Waals surface area contributed by atoms with E-state index in [0.717, 1.165) is 0 Å². The Morgan fingerprint density at radius 1 is 1.38 bits per heavy atom. The van der Waals surface area contributed by atoms with Gasteiger partial charge in [-0.3, -0.25) is 4.90 Å². The summed E-state index contributed by atoms with van der Waals surface area (Å²) in [7, 11) is 0. The van der Waals surface area contributed by atoms with Crippen LogP contribution < -0.4 is 5.63 Å². The minimum atomic E-state index is -4.20. The van der Waals surface area contributed by atoms with Crippen LogP contribution in [0, 0.1) is 12.8 Å². The van der Waals surface area contributed by atoms with Gasteiger partial charge in [0.05, 0.1) is 5.92 Å². The van der Waals surface area contributed by atoms with Crippen molar-refractivity contribution >= 4 is 11.0 Å². The number of nitrogens with zero attached hydrogens (tertiary/aromatic N) is 1. The predicted molar refractivity (Wildman–Crippen MR) is 82.9 cm³/mol. The van der Waals surface area contributed by atoms with Gasteiger partial charge in [0.2, 0.25) is 0 Å². The Hall–Kier alpha value is -2.02. The summed E-state index contributed by atoms with van der Waals surface area (Å²) >= 11 is 0. The molecule has 4 nitrogen and oxygen atoms in total. The zero-order valence-electron chi connectivity index (χ0n) is 13.2. The molecule has 0 aliphatic carbocycles. The van der Waals surface area contributed by atoms with Crippen LogP contribution in [0.15, 0.2) is 27.4 Å². The molecule has 1 aromatic carbocycles. The summed E-state index contributed by atoms with van der Waals surface area (Å²) in [4.78, 5) is 13.5. The molecule has 2 aromatic rings. The van der Waals surface area contributed by atoms with E-state index < -0.39 is 17.7 Å². The minimum absolute atomic E-state index is 0.0120. The third-order valence-electron chi connectivity index (χ3n) is 4.58. The van der Waals surface area contributed by atoms with Crippen molar-refractivity contribution in [2.75, 3.05) is 13.1 Å². The SMILES string of the molecule is Cc1c(O)ccc2c(CN3CCCC(C(F)(F)F)C3)cc(=O)oc12. The monoisotopic (exact) mass is 341 g/mol. The fourth-order valence-electron chi connectivity index (χ4n) is 3.25. The second kappa shape index (κ2) is 6.12. The first-order valence-electron chi connectivity index (χ1n) is 7.80. The number of likely N-dealkylation sites (tertiary alicyclic amines) is 1. The highest BCUT2D eigenvalue weighted by molar-refractivity contribution is 5.84. The summed E-state index contributed by atoms with van der Waals surface area (Å²) in [5, 5.41) is 10.4. The molecule has 0 radical (unpaired) electrons. The van der Waals surface area contributed by atoms with Crippen molar-refractivity contribution in [3.8, 4) is 5.75 Å². The Morgan fingerprint density at radius 3 is 2.83 bits per heavy atom. The van der Waals surface area contributed by atoms with Crippen molar-refractivity contribution in [3.63, 3.8) is 0 Å². The lowest BCUT2D eigenvalue weighted by molar-refractivity contribution is -0.187.